The van der Waals surface area contributed by atoms with Gasteiger partial charge >= 0.3 is 0 Å². The zero-order valence-corrected chi connectivity index (χ0v) is 11.5. The van der Waals surface area contributed by atoms with E-state index in [0.29, 0.717) is 11.3 Å². The highest BCUT2D eigenvalue weighted by atomic mass is 16.2. The maximum Gasteiger partial charge on any atom is 0.269 e. The quantitative estimate of drug-likeness (QED) is 0.344. The summed E-state index contributed by atoms with van der Waals surface area (Å²) in [6.45, 7) is 0. The smallest absolute Gasteiger partial charge is 0.269 e. The molecule has 2 rings (SSSR count). The van der Waals surface area contributed by atoms with E-state index in [0.717, 1.165) is 5.01 Å². The van der Waals surface area contributed by atoms with Crippen molar-refractivity contribution in [3.63, 3.8) is 0 Å². The van der Waals surface area contributed by atoms with Crippen LogP contribution in [0.1, 0.15) is 20.7 Å². The van der Waals surface area contributed by atoms with Crippen LogP contribution in [0.3, 0.4) is 0 Å². The molecule has 0 atom stereocenters. The number of benzene rings is 2. The number of hydrogen-bond donors (Lipinski definition) is 3. The first-order valence-corrected chi connectivity index (χ1v) is 6.27. The molecule has 2 aromatic carbocycles. The van der Waals surface area contributed by atoms with Crippen molar-refractivity contribution in [3.8, 4) is 0 Å². The summed E-state index contributed by atoms with van der Waals surface area (Å²) in [7, 11) is 1.42. The summed E-state index contributed by atoms with van der Waals surface area (Å²) in [5.41, 5.74) is 7.21. The topological polar surface area (TPSA) is 101 Å². The van der Waals surface area contributed by atoms with Gasteiger partial charge in [-0.15, -0.1) is 0 Å². The van der Waals surface area contributed by atoms with Crippen LogP contribution < -0.4 is 16.9 Å². The molecule has 0 bridgehead atoms. The Morgan fingerprint density at radius 1 is 1.10 bits per heavy atom. The van der Waals surface area contributed by atoms with Gasteiger partial charge in [0.05, 0.1) is 5.56 Å². The van der Waals surface area contributed by atoms with Gasteiger partial charge in [-0.25, -0.2) is 5.84 Å². The Balaban J connectivity index is 2.26. The van der Waals surface area contributed by atoms with Gasteiger partial charge < -0.3 is 11.1 Å². The van der Waals surface area contributed by atoms with Crippen molar-refractivity contribution in [2.45, 2.75) is 0 Å². The predicted octanol–water partition coefficient (Wildman–Crippen LogP) is 1.47. The number of nitrogens with one attached hydrogen (secondary N) is 1. The molecule has 0 aliphatic rings. The molecule has 0 saturated heterocycles. The summed E-state index contributed by atoms with van der Waals surface area (Å²) in [5, 5.41) is 3.66. The zero-order chi connectivity index (χ0) is 15.4. The number of para-hydroxylation sites is 1. The molecular formula is C15H16N4O2. The largest absolute Gasteiger partial charge is 0.398 e. The first kappa shape index (κ1) is 14.5. The monoisotopic (exact) mass is 284 g/mol. The van der Waals surface area contributed by atoms with Crippen LogP contribution >= 0.6 is 0 Å². The van der Waals surface area contributed by atoms with Gasteiger partial charge in [0.25, 0.3) is 11.8 Å². The highest BCUT2D eigenvalue weighted by molar-refractivity contribution is 6.07. The van der Waals surface area contributed by atoms with Gasteiger partial charge in [-0.05, 0) is 30.3 Å². The number of rotatable bonds is 3. The van der Waals surface area contributed by atoms with Crippen molar-refractivity contribution in [2.24, 2.45) is 5.84 Å². The molecule has 0 spiro atoms. The lowest BCUT2D eigenvalue weighted by Gasteiger charge is -2.13. The van der Waals surface area contributed by atoms with Gasteiger partial charge in [-0.2, -0.15) is 0 Å². The normalized spacial score (nSPS) is 10.0. The standard InChI is InChI=1S/C15H16N4O2/c1-19(17)15(21)12-9-10(7-8-13(12)16)14(20)18-11-5-3-2-4-6-11/h2-9H,16-17H2,1H3,(H,18,20). The maximum atomic E-state index is 12.2. The Hall–Kier alpha value is -2.86. The number of carbonyl (C=O) groups excluding carboxylic acids is 2. The van der Waals surface area contributed by atoms with Crippen molar-refractivity contribution in [2.75, 3.05) is 18.1 Å². The van der Waals surface area contributed by atoms with E-state index in [2.05, 4.69) is 5.32 Å². The number of nitrogens with zero attached hydrogens (tertiary/aromatic N) is 1. The minimum absolute atomic E-state index is 0.195. The van der Waals surface area contributed by atoms with Gasteiger partial charge in [-0.1, -0.05) is 18.2 Å². The number of hydrazine groups is 1. The average Bonchev–Trinajstić information content (AvgIpc) is 2.47. The van der Waals surface area contributed by atoms with E-state index in [-0.39, 0.29) is 17.2 Å². The van der Waals surface area contributed by atoms with Crippen LogP contribution in [-0.2, 0) is 0 Å². The van der Waals surface area contributed by atoms with Crippen molar-refractivity contribution >= 4 is 23.2 Å². The minimum Gasteiger partial charge on any atom is -0.398 e. The third-order valence-corrected chi connectivity index (χ3v) is 2.90. The molecule has 0 aromatic heterocycles. The highest BCUT2D eigenvalue weighted by Crippen LogP contribution is 2.17. The van der Waals surface area contributed by atoms with Crippen molar-refractivity contribution in [3.05, 3.63) is 59.7 Å². The summed E-state index contributed by atoms with van der Waals surface area (Å²) in [4.78, 5) is 24.0. The molecule has 0 heterocycles. The lowest BCUT2D eigenvalue weighted by atomic mass is 10.1. The average molecular weight is 284 g/mol. The van der Waals surface area contributed by atoms with Crippen LogP contribution in [0.4, 0.5) is 11.4 Å². The second-order valence-corrected chi connectivity index (χ2v) is 4.54. The van der Waals surface area contributed by atoms with Crippen LogP contribution in [0.25, 0.3) is 0 Å². The lowest BCUT2D eigenvalue weighted by molar-refractivity contribution is 0.0796. The van der Waals surface area contributed by atoms with Crippen LogP contribution in [0.2, 0.25) is 0 Å². The zero-order valence-electron chi connectivity index (χ0n) is 11.5. The number of anilines is 2. The first-order chi connectivity index (χ1) is 9.99. The number of nitrogen functional groups attached to an aromatic ring is 1. The molecule has 0 saturated carbocycles. The Morgan fingerprint density at radius 3 is 2.38 bits per heavy atom. The van der Waals surface area contributed by atoms with Crippen LogP contribution in [0.5, 0.6) is 0 Å². The summed E-state index contributed by atoms with van der Waals surface area (Å²) in [5.74, 6) is 4.63. The second kappa shape index (κ2) is 6.06. The molecule has 0 radical (unpaired) electrons. The number of hydrogen-bond acceptors (Lipinski definition) is 4. The third-order valence-electron chi connectivity index (χ3n) is 2.90. The lowest BCUT2D eigenvalue weighted by Crippen LogP contribution is -2.33. The van der Waals surface area contributed by atoms with Gasteiger partial charge in [0.1, 0.15) is 0 Å². The fourth-order valence-corrected chi connectivity index (χ4v) is 1.80. The van der Waals surface area contributed by atoms with Crippen molar-refractivity contribution < 1.29 is 9.59 Å². The summed E-state index contributed by atoms with van der Waals surface area (Å²) < 4.78 is 0. The molecule has 0 aliphatic carbocycles. The Morgan fingerprint density at radius 2 is 1.76 bits per heavy atom. The molecule has 6 heteroatoms. The Bertz CT molecular complexity index is 669. The van der Waals surface area contributed by atoms with E-state index in [1.54, 1.807) is 18.2 Å². The molecule has 108 valence electrons. The number of amides is 2. The molecule has 0 fully saturated rings. The van der Waals surface area contributed by atoms with Crippen LogP contribution in [-0.4, -0.2) is 23.9 Å². The van der Waals surface area contributed by atoms with E-state index in [4.69, 9.17) is 11.6 Å². The minimum atomic E-state index is -0.457. The second-order valence-electron chi connectivity index (χ2n) is 4.54. The Kier molecular flexibility index (Phi) is 4.20. The SMILES string of the molecule is CN(N)C(=O)c1cc(C(=O)Nc2ccccc2)ccc1N. The van der Waals surface area contributed by atoms with E-state index in [1.165, 1.54) is 19.2 Å². The number of nitrogens with two attached hydrogens (primary N) is 2. The molecule has 6 nitrogen and oxygen atoms in total. The molecule has 21 heavy (non-hydrogen) atoms. The molecule has 0 aliphatic heterocycles. The fraction of sp³-hybridized carbons (Fsp3) is 0.0667. The molecule has 5 N–H and O–H groups in total. The highest BCUT2D eigenvalue weighted by Gasteiger charge is 2.15. The van der Waals surface area contributed by atoms with E-state index in [9.17, 15) is 9.59 Å². The summed E-state index contributed by atoms with van der Waals surface area (Å²) in [6, 6.07) is 13.5. The van der Waals surface area contributed by atoms with E-state index < -0.39 is 5.91 Å². The van der Waals surface area contributed by atoms with Crippen molar-refractivity contribution in [1.82, 2.24) is 5.01 Å². The molecule has 2 amide bonds. The van der Waals surface area contributed by atoms with E-state index in [1.807, 2.05) is 18.2 Å². The van der Waals surface area contributed by atoms with Crippen molar-refractivity contribution in [1.29, 1.82) is 0 Å². The molecular weight excluding hydrogens is 268 g/mol. The first-order valence-electron chi connectivity index (χ1n) is 6.27. The maximum absolute atomic E-state index is 12.2. The van der Waals surface area contributed by atoms with Crippen LogP contribution in [0.15, 0.2) is 48.5 Å². The molecule has 2 aromatic rings. The summed E-state index contributed by atoms with van der Waals surface area (Å²) >= 11 is 0. The molecule has 0 unspecified atom stereocenters. The predicted molar refractivity (Wildman–Crippen MR) is 81.5 cm³/mol. The van der Waals surface area contributed by atoms with Gasteiger partial charge in [0.15, 0.2) is 0 Å². The van der Waals surface area contributed by atoms with E-state index >= 15 is 0 Å². The van der Waals surface area contributed by atoms with Gasteiger partial charge in [0.2, 0.25) is 0 Å². The third kappa shape index (κ3) is 3.37. The van der Waals surface area contributed by atoms with Crippen LogP contribution in [0, 0.1) is 0 Å². The number of carbonyl (C=O) groups is 2. The summed E-state index contributed by atoms with van der Waals surface area (Å²) in [6.07, 6.45) is 0. The Labute approximate surface area is 122 Å². The van der Waals surface area contributed by atoms with Gasteiger partial charge in [0, 0.05) is 24.0 Å². The fourth-order valence-electron chi connectivity index (χ4n) is 1.80. The van der Waals surface area contributed by atoms with Gasteiger partial charge in [-0.3, -0.25) is 14.6 Å².